The Hall–Kier alpha value is -1.16. The zero-order valence-corrected chi connectivity index (χ0v) is 6.24. The van der Waals surface area contributed by atoms with Crippen LogP contribution in [0.15, 0.2) is 12.7 Å². The van der Waals surface area contributed by atoms with Gasteiger partial charge in [-0.15, -0.1) is 0 Å². The smallest absolute Gasteiger partial charge is 0.343 e. The first-order valence-electron chi connectivity index (χ1n) is 3.05. The molecule has 0 aliphatic rings. The fourth-order valence-electron chi connectivity index (χ4n) is 0.386. The maximum atomic E-state index is 10.6. The molecule has 0 bridgehead atoms. The summed E-state index contributed by atoms with van der Waals surface area (Å²) >= 11 is 0. The predicted octanol–water partition coefficient (Wildman–Crippen LogP) is -0.335. The van der Waals surface area contributed by atoms with Crippen molar-refractivity contribution >= 4 is 11.8 Å². The Labute approximate surface area is 64.5 Å². The molecule has 0 aromatic rings. The standard InChI is InChI=1S/C7H10O4/c1-3-4-11-7(10)6(9)5(2)8/h3,6,9H,1,4H2,2H3. The van der Waals surface area contributed by atoms with Crippen molar-refractivity contribution in [2.24, 2.45) is 0 Å². The molecule has 0 aromatic heterocycles. The van der Waals surface area contributed by atoms with E-state index in [9.17, 15) is 9.59 Å². The van der Waals surface area contributed by atoms with E-state index in [1.54, 1.807) is 0 Å². The number of aliphatic hydroxyl groups is 1. The average Bonchev–Trinajstić information content (AvgIpc) is 1.98. The van der Waals surface area contributed by atoms with Crippen molar-refractivity contribution in [2.75, 3.05) is 6.61 Å². The number of hydrogen-bond donors (Lipinski definition) is 1. The van der Waals surface area contributed by atoms with E-state index < -0.39 is 17.9 Å². The second-order valence-electron chi connectivity index (χ2n) is 1.93. The summed E-state index contributed by atoms with van der Waals surface area (Å²) in [6.45, 7) is 4.41. The van der Waals surface area contributed by atoms with Crippen molar-refractivity contribution in [1.29, 1.82) is 0 Å². The summed E-state index contributed by atoms with van der Waals surface area (Å²) in [6.07, 6.45) is -0.306. The lowest BCUT2D eigenvalue weighted by Crippen LogP contribution is -2.29. The van der Waals surface area contributed by atoms with E-state index in [4.69, 9.17) is 5.11 Å². The second-order valence-corrected chi connectivity index (χ2v) is 1.93. The van der Waals surface area contributed by atoms with Gasteiger partial charge in [0, 0.05) is 0 Å². The van der Waals surface area contributed by atoms with Crippen LogP contribution in [0.4, 0.5) is 0 Å². The van der Waals surface area contributed by atoms with E-state index in [0.29, 0.717) is 0 Å². The zero-order valence-electron chi connectivity index (χ0n) is 6.24. The quantitative estimate of drug-likeness (QED) is 0.345. The minimum Gasteiger partial charge on any atom is -0.459 e. The minimum absolute atomic E-state index is 0.00315. The molecule has 4 heteroatoms. The lowest BCUT2D eigenvalue weighted by molar-refractivity contribution is -0.156. The van der Waals surface area contributed by atoms with Gasteiger partial charge in [-0.3, -0.25) is 4.79 Å². The Kier molecular flexibility index (Phi) is 4.14. The Morgan fingerprint density at radius 1 is 1.73 bits per heavy atom. The van der Waals surface area contributed by atoms with Gasteiger partial charge in [0.2, 0.25) is 6.10 Å². The third-order valence-corrected chi connectivity index (χ3v) is 0.952. The van der Waals surface area contributed by atoms with E-state index >= 15 is 0 Å². The maximum absolute atomic E-state index is 10.6. The monoisotopic (exact) mass is 158 g/mol. The normalized spacial score (nSPS) is 11.8. The molecule has 0 saturated carbocycles. The van der Waals surface area contributed by atoms with Crippen molar-refractivity contribution in [1.82, 2.24) is 0 Å². The Morgan fingerprint density at radius 3 is 2.64 bits per heavy atom. The Morgan fingerprint density at radius 2 is 2.27 bits per heavy atom. The van der Waals surface area contributed by atoms with Crippen LogP contribution in [0.2, 0.25) is 0 Å². The molecule has 0 radical (unpaired) electrons. The van der Waals surface area contributed by atoms with E-state index in [2.05, 4.69) is 11.3 Å². The third kappa shape index (κ3) is 3.52. The molecule has 0 fully saturated rings. The minimum atomic E-state index is -1.66. The lowest BCUT2D eigenvalue weighted by atomic mass is 10.3. The first-order valence-corrected chi connectivity index (χ1v) is 3.05. The number of Topliss-reactive ketones (excluding diaryl/α,β-unsaturated/α-hetero) is 1. The van der Waals surface area contributed by atoms with Crippen LogP contribution in [0.3, 0.4) is 0 Å². The van der Waals surface area contributed by atoms with Gasteiger partial charge >= 0.3 is 5.97 Å². The molecule has 0 aliphatic carbocycles. The van der Waals surface area contributed by atoms with Gasteiger partial charge < -0.3 is 9.84 Å². The molecule has 1 N–H and O–H groups in total. The van der Waals surface area contributed by atoms with E-state index in [1.807, 2.05) is 0 Å². The summed E-state index contributed by atoms with van der Waals surface area (Å²) in [6, 6.07) is 0. The van der Waals surface area contributed by atoms with Crippen LogP contribution >= 0.6 is 0 Å². The molecule has 62 valence electrons. The first kappa shape index (κ1) is 9.84. The SMILES string of the molecule is C=CCOC(=O)C(O)C(C)=O. The predicted molar refractivity (Wildman–Crippen MR) is 37.8 cm³/mol. The highest BCUT2D eigenvalue weighted by molar-refractivity contribution is 6.00. The lowest BCUT2D eigenvalue weighted by Gasteiger charge is -2.04. The number of rotatable bonds is 4. The largest absolute Gasteiger partial charge is 0.459 e. The van der Waals surface area contributed by atoms with Gasteiger partial charge in [-0.1, -0.05) is 12.7 Å². The molecule has 0 saturated heterocycles. The van der Waals surface area contributed by atoms with Crippen LogP contribution in [0.5, 0.6) is 0 Å². The van der Waals surface area contributed by atoms with Gasteiger partial charge in [-0.05, 0) is 6.92 Å². The number of ketones is 1. The van der Waals surface area contributed by atoms with Gasteiger partial charge in [-0.25, -0.2) is 4.79 Å². The number of carbonyl (C=O) groups is 2. The average molecular weight is 158 g/mol. The van der Waals surface area contributed by atoms with Gasteiger partial charge in [0.15, 0.2) is 5.78 Å². The van der Waals surface area contributed by atoms with Crippen LogP contribution in [-0.2, 0) is 14.3 Å². The van der Waals surface area contributed by atoms with Crippen molar-refractivity contribution in [3.05, 3.63) is 12.7 Å². The summed E-state index contributed by atoms with van der Waals surface area (Å²) < 4.78 is 4.39. The second kappa shape index (κ2) is 4.62. The summed E-state index contributed by atoms with van der Waals surface area (Å²) in [5.41, 5.74) is 0. The molecule has 0 rings (SSSR count). The summed E-state index contributed by atoms with van der Waals surface area (Å²) in [7, 11) is 0. The molecule has 4 nitrogen and oxygen atoms in total. The van der Waals surface area contributed by atoms with Crippen molar-refractivity contribution in [2.45, 2.75) is 13.0 Å². The highest BCUT2D eigenvalue weighted by Gasteiger charge is 2.20. The van der Waals surface area contributed by atoms with Crippen LogP contribution in [-0.4, -0.2) is 29.6 Å². The van der Waals surface area contributed by atoms with Crippen LogP contribution in [0, 0.1) is 0 Å². The molecule has 1 unspecified atom stereocenters. The van der Waals surface area contributed by atoms with Crippen LogP contribution < -0.4 is 0 Å². The van der Waals surface area contributed by atoms with Crippen molar-refractivity contribution < 1.29 is 19.4 Å². The molecule has 1 atom stereocenters. The molecule has 0 aliphatic heterocycles. The number of ether oxygens (including phenoxy) is 1. The summed E-state index contributed by atoms with van der Waals surface area (Å²) in [4.78, 5) is 21.0. The summed E-state index contributed by atoms with van der Waals surface area (Å²) in [5, 5.41) is 8.76. The maximum Gasteiger partial charge on any atom is 0.343 e. The molecule has 0 spiro atoms. The van der Waals surface area contributed by atoms with Crippen molar-refractivity contribution in [3.63, 3.8) is 0 Å². The summed E-state index contributed by atoms with van der Waals surface area (Å²) in [5.74, 6) is -1.56. The highest BCUT2D eigenvalue weighted by Crippen LogP contribution is 1.89. The number of esters is 1. The van der Waals surface area contributed by atoms with E-state index in [-0.39, 0.29) is 6.61 Å². The van der Waals surface area contributed by atoms with Gasteiger partial charge in [-0.2, -0.15) is 0 Å². The molecule has 0 amide bonds. The number of hydrogen-bond acceptors (Lipinski definition) is 4. The van der Waals surface area contributed by atoms with E-state index in [1.165, 1.54) is 6.08 Å². The van der Waals surface area contributed by atoms with E-state index in [0.717, 1.165) is 6.92 Å². The zero-order chi connectivity index (χ0) is 8.85. The van der Waals surface area contributed by atoms with Crippen LogP contribution in [0.1, 0.15) is 6.92 Å². The van der Waals surface area contributed by atoms with Gasteiger partial charge in [0.1, 0.15) is 6.61 Å². The molecule has 0 heterocycles. The highest BCUT2D eigenvalue weighted by atomic mass is 16.5. The first-order chi connectivity index (χ1) is 5.09. The number of aliphatic hydroxyl groups excluding tert-OH is 1. The topological polar surface area (TPSA) is 63.6 Å². The number of carbonyl (C=O) groups excluding carboxylic acids is 2. The third-order valence-electron chi connectivity index (χ3n) is 0.952. The Balaban J connectivity index is 3.82. The molecular weight excluding hydrogens is 148 g/mol. The molecule has 11 heavy (non-hydrogen) atoms. The van der Waals surface area contributed by atoms with Crippen LogP contribution in [0.25, 0.3) is 0 Å². The fraction of sp³-hybridized carbons (Fsp3) is 0.429. The molecular formula is C7H10O4. The van der Waals surface area contributed by atoms with Gasteiger partial charge in [0.25, 0.3) is 0 Å². The molecule has 0 aromatic carbocycles. The van der Waals surface area contributed by atoms with Crippen molar-refractivity contribution in [3.8, 4) is 0 Å². The Bertz CT molecular complexity index is 173. The van der Waals surface area contributed by atoms with Gasteiger partial charge in [0.05, 0.1) is 0 Å². The fourth-order valence-corrected chi connectivity index (χ4v) is 0.386.